The van der Waals surface area contributed by atoms with E-state index in [2.05, 4.69) is 36.7 Å². The van der Waals surface area contributed by atoms with Gasteiger partial charge in [0, 0.05) is 11.6 Å². The number of nitrogens with one attached hydrogen (secondary N) is 1. The molecule has 0 bridgehead atoms. The molecule has 2 heterocycles. The lowest BCUT2D eigenvalue weighted by Gasteiger charge is -2.13. The minimum absolute atomic E-state index is 0.227. The molecule has 9 nitrogen and oxygen atoms in total. The molecule has 1 aromatic heterocycles. The molecule has 1 aliphatic rings. The van der Waals surface area contributed by atoms with Crippen molar-refractivity contribution < 1.29 is 23.8 Å². The molecular formula is C18H13BrFN5O4. The maximum atomic E-state index is 13.4. The quantitative estimate of drug-likeness (QED) is 0.575. The Morgan fingerprint density at radius 1 is 1.31 bits per heavy atom. The molecule has 0 fully saturated rings. The molecule has 1 unspecified atom stereocenters. The first-order valence-electron chi connectivity index (χ1n) is 8.33. The Labute approximate surface area is 171 Å². The molecule has 11 heteroatoms. The van der Waals surface area contributed by atoms with E-state index < -0.39 is 18.0 Å². The van der Waals surface area contributed by atoms with E-state index in [1.807, 2.05) is 0 Å². The van der Waals surface area contributed by atoms with Gasteiger partial charge in [-0.15, -0.1) is 10.2 Å². The number of carboxylic acid groups (broad SMARTS) is 1. The normalized spacial score (nSPS) is 15.4. The van der Waals surface area contributed by atoms with E-state index in [0.29, 0.717) is 21.7 Å². The highest BCUT2D eigenvalue weighted by Gasteiger charge is 2.23. The van der Waals surface area contributed by atoms with Gasteiger partial charge in [0.25, 0.3) is 0 Å². The number of carbonyl (C=O) groups is 1. The molecule has 148 valence electrons. The fraction of sp³-hybridized carbons (Fsp3) is 0.111. The van der Waals surface area contributed by atoms with Gasteiger partial charge in [-0.25, -0.2) is 4.39 Å². The summed E-state index contributed by atoms with van der Waals surface area (Å²) in [6, 6.07) is 11.3. The van der Waals surface area contributed by atoms with Crippen LogP contribution in [0.3, 0.4) is 0 Å². The molecule has 1 aliphatic heterocycles. The lowest BCUT2D eigenvalue weighted by atomic mass is 10.2. The average Bonchev–Trinajstić information content (AvgIpc) is 3.34. The molecule has 1 atom stereocenters. The second kappa shape index (κ2) is 7.87. The third-order valence-electron chi connectivity index (χ3n) is 3.88. The second-order valence-corrected chi connectivity index (χ2v) is 6.83. The molecule has 0 amide bonds. The highest BCUT2D eigenvalue weighted by Crippen LogP contribution is 2.32. The SMILES string of the molecule is O=C(O)Cn1nnc(C2=COC(c3ccc(Oc4cc(F)ccc4Br)cc3)N2)n1. The predicted molar refractivity (Wildman–Crippen MR) is 101 cm³/mol. The summed E-state index contributed by atoms with van der Waals surface area (Å²) < 4.78 is 25.3. The largest absolute Gasteiger partial charge is 0.480 e. The lowest BCUT2D eigenvalue weighted by Crippen LogP contribution is -2.16. The first kappa shape index (κ1) is 18.9. The Bertz CT molecular complexity index is 1090. The zero-order chi connectivity index (χ0) is 20.4. The maximum Gasteiger partial charge on any atom is 0.327 e. The summed E-state index contributed by atoms with van der Waals surface area (Å²) in [6.45, 7) is -0.381. The molecule has 0 spiro atoms. The van der Waals surface area contributed by atoms with Crippen LogP contribution in [0.15, 0.2) is 53.2 Å². The monoisotopic (exact) mass is 461 g/mol. The van der Waals surface area contributed by atoms with Crippen LogP contribution in [-0.4, -0.2) is 31.3 Å². The van der Waals surface area contributed by atoms with Gasteiger partial charge in [-0.05, 0) is 57.5 Å². The van der Waals surface area contributed by atoms with E-state index >= 15 is 0 Å². The van der Waals surface area contributed by atoms with Crippen molar-refractivity contribution >= 4 is 27.6 Å². The third kappa shape index (κ3) is 4.35. The number of hydrogen-bond acceptors (Lipinski definition) is 7. The molecule has 0 saturated heterocycles. The van der Waals surface area contributed by atoms with Gasteiger partial charge in [-0.2, -0.15) is 4.80 Å². The number of aliphatic carboxylic acids is 1. The Kier molecular flexibility index (Phi) is 5.12. The smallest absolute Gasteiger partial charge is 0.327 e. The molecule has 0 radical (unpaired) electrons. The number of benzene rings is 2. The van der Waals surface area contributed by atoms with Crippen molar-refractivity contribution in [1.29, 1.82) is 0 Å². The van der Waals surface area contributed by atoms with E-state index in [9.17, 15) is 9.18 Å². The predicted octanol–water partition coefficient (Wildman–Crippen LogP) is 3.07. The zero-order valence-electron chi connectivity index (χ0n) is 14.6. The van der Waals surface area contributed by atoms with Crippen LogP contribution in [0.1, 0.15) is 17.6 Å². The number of rotatable bonds is 6. The third-order valence-corrected chi connectivity index (χ3v) is 4.54. The number of aromatic nitrogens is 4. The fourth-order valence-electron chi connectivity index (χ4n) is 2.56. The van der Waals surface area contributed by atoms with Gasteiger partial charge < -0.3 is 19.9 Å². The number of ether oxygens (including phenoxy) is 2. The van der Waals surface area contributed by atoms with E-state index in [1.54, 1.807) is 30.3 Å². The van der Waals surface area contributed by atoms with Crippen LogP contribution in [0.5, 0.6) is 11.5 Å². The van der Waals surface area contributed by atoms with Gasteiger partial charge >= 0.3 is 5.97 Å². The van der Waals surface area contributed by atoms with Crippen LogP contribution < -0.4 is 10.1 Å². The average molecular weight is 462 g/mol. The molecule has 2 N–H and O–H groups in total. The molecule has 0 saturated carbocycles. The van der Waals surface area contributed by atoms with Crippen LogP contribution in [0, 0.1) is 5.82 Å². The Morgan fingerprint density at radius 2 is 2.10 bits per heavy atom. The maximum absolute atomic E-state index is 13.4. The summed E-state index contributed by atoms with van der Waals surface area (Å²) >= 11 is 3.32. The Hall–Kier alpha value is -3.47. The van der Waals surface area contributed by atoms with Crippen LogP contribution >= 0.6 is 15.9 Å². The number of halogens is 2. The number of carboxylic acids is 1. The van der Waals surface area contributed by atoms with Gasteiger partial charge in [0.1, 0.15) is 29.3 Å². The summed E-state index contributed by atoms with van der Waals surface area (Å²) in [7, 11) is 0. The van der Waals surface area contributed by atoms with Gasteiger partial charge in [0.2, 0.25) is 5.82 Å². The molecule has 2 aromatic carbocycles. The van der Waals surface area contributed by atoms with E-state index in [4.69, 9.17) is 14.6 Å². The summed E-state index contributed by atoms with van der Waals surface area (Å²) in [5.74, 6) is -0.332. The van der Waals surface area contributed by atoms with Gasteiger partial charge in [0.15, 0.2) is 12.8 Å². The first-order chi connectivity index (χ1) is 14.0. The van der Waals surface area contributed by atoms with Crippen molar-refractivity contribution in [1.82, 2.24) is 25.5 Å². The molecule has 3 aromatic rings. The van der Waals surface area contributed by atoms with E-state index in [-0.39, 0.29) is 12.4 Å². The number of nitrogens with zero attached hydrogens (tertiary/aromatic N) is 4. The summed E-state index contributed by atoms with van der Waals surface area (Å²) in [6.07, 6.45) is 0.965. The van der Waals surface area contributed by atoms with E-state index in [0.717, 1.165) is 10.4 Å². The van der Waals surface area contributed by atoms with Gasteiger partial charge in [-0.3, -0.25) is 4.79 Å². The van der Waals surface area contributed by atoms with Crippen molar-refractivity contribution in [3.8, 4) is 11.5 Å². The summed E-state index contributed by atoms with van der Waals surface area (Å²) in [5, 5.41) is 23.3. The first-order valence-corrected chi connectivity index (χ1v) is 9.12. The zero-order valence-corrected chi connectivity index (χ0v) is 16.2. The van der Waals surface area contributed by atoms with Crippen LogP contribution in [0.2, 0.25) is 0 Å². The van der Waals surface area contributed by atoms with E-state index in [1.165, 1.54) is 18.4 Å². The summed E-state index contributed by atoms with van der Waals surface area (Å²) in [5.41, 5.74) is 1.29. The van der Waals surface area contributed by atoms with Crippen LogP contribution in [0.25, 0.3) is 5.70 Å². The van der Waals surface area contributed by atoms with Gasteiger partial charge in [0.05, 0.1) is 4.47 Å². The second-order valence-electron chi connectivity index (χ2n) is 5.98. The van der Waals surface area contributed by atoms with Crippen LogP contribution in [0.4, 0.5) is 4.39 Å². The Morgan fingerprint density at radius 3 is 2.86 bits per heavy atom. The minimum atomic E-state index is -1.07. The highest BCUT2D eigenvalue weighted by atomic mass is 79.9. The van der Waals surface area contributed by atoms with Crippen LogP contribution in [-0.2, 0) is 16.1 Å². The molecule has 29 heavy (non-hydrogen) atoms. The van der Waals surface area contributed by atoms with Gasteiger partial charge in [-0.1, -0.05) is 0 Å². The Balaban J connectivity index is 1.41. The minimum Gasteiger partial charge on any atom is -0.480 e. The van der Waals surface area contributed by atoms with Crippen molar-refractivity contribution in [3.05, 3.63) is 70.4 Å². The number of hydrogen-bond donors (Lipinski definition) is 2. The van der Waals surface area contributed by atoms with Crippen molar-refractivity contribution in [2.24, 2.45) is 0 Å². The molecule has 4 rings (SSSR count). The van der Waals surface area contributed by atoms with Crippen molar-refractivity contribution in [3.63, 3.8) is 0 Å². The van der Waals surface area contributed by atoms with Crippen molar-refractivity contribution in [2.45, 2.75) is 12.8 Å². The molecule has 0 aliphatic carbocycles. The molecular weight excluding hydrogens is 449 g/mol. The lowest BCUT2D eigenvalue weighted by molar-refractivity contribution is -0.138. The standard InChI is InChI=1S/C18H13BrFN5O4/c19-13-6-3-11(20)7-15(13)29-12-4-1-10(2-5-12)18-21-14(9-28-18)17-22-24-25(23-17)8-16(26)27/h1-7,9,18,21H,8H2,(H,26,27). The topological polar surface area (TPSA) is 111 Å². The summed E-state index contributed by atoms with van der Waals surface area (Å²) in [4.78, 5) is 11.7. The number of tetrazole rings is 1. The highest BCUT2D eigenvalue weighted by molar-refractivity contribution is 9.10. The fourth-order valence-corrected chi connectivity index (χ4v) is 2.88. The van der Waals surface area contributed by atoms with Crippen molar-refractivity contribution in [2.75, 3.05) is 0 Å².